The zero-order chi connectivity index (χ0) is 14.2. The lowest BCUT2D eigenvalue weighted by molar-refractivity contribution is -0.131. The molecule has 0 saturated heterocycles. The van der Waals surface area contributed by atoms with Crippen LogP contribution in [0.25, 0.3) is 17.0 Å². The summed E-state index contributed by atoms with van der Waals surface area (Å²) in [5, 5.41) is 18.2. The highest BCUT2D eigenvalue weighted by Crippen LogP contribution is 2.28. The lowest BCUT2D eigenvalue weighted by atomic mass is 10.1. The molecule has 2 aromatic rings. The van der Waals surface area contributed by atoms with E-state index in [0.717, 1.165) is 12.2 Å². The fraction of sp³-hybridized carbons (Fsp3) is 0.0769. The third kappa shape index (κ3) is 2.08. The quantitative estimate of drug-likeness (QED) is 0.831. The third-order valence-electron chi connectivity index (χ3n) is 2.80. The Hall–Kier alpha value is -2.63. The molecule has 0 atom stereocenters. The molecule has 0 aliphatic heterocycles. The van der Waals surface area contributed by atoms with Gasteiger partial charge in [-0.3, -0.25) is 0 Å². The summed E-state index contributed by atoms with van der Waals surface area (Å²) >= 11 is 0. The molecule has 0 radical (unpaired) electrons. The minimum Gasteiger partial charge on any atom is -0.478 e. The summed E-state index contributed by atoms with van der Waals surface area (Å²) in [5.41, 5.74) is 0.148. The van der Waals surface area contributed by atoms with Crippen LogP contribution >= 0.6 is 0 Å². The van der Waals surface area contributed by atoms with Gasteiger partial charge in [0.05, 0.1) is 5.52 Å². The highest BCUT2D eigenvalue weighted by atomic mass is 19.1. The number of benzene rings is 1. The number of halogens is 1. The van der Waals surface area contributed by atoms with E-state index in [0.29, 0.717) is 5.39 Å². The standard InChI is InChI=1S/C13H10FNO4/c1-15-11-7(3-2-4-9(11)14)8(5-6-10(16)17)12(15)13(18)19/h2-6H,1H3,(H,16,17)(H,18,19)/b6-5-. The van der Waals surface area contributed by atoms with Gasteiger partial charge in [-0.05, 0) is 12.1 Å². The van der Waals surface area contributed by atoms with Crippen molar-refractivity contribution in [3.05, 3.63) is 41.3 Å². The van der Waals surface area contributed by atoms with Crippen LogP contribution in [0.2, 0.25) is 0 Å². The van der Waals surface area contributed by atoms with Crippen LogP contribution in [0.3, 0.4) is 0 Å². The monoisotopic (exact) mass is 263 g/mol. The molecule has 1 heterocycles. The Morgan fingerprint density at radius 2 is 2.00 bits per heavy atom. The number of nitrogens with zero attached hydrogens (tertiary/aromatic N) is 1. The van der Waals surface area contributed by atoms with Crippen LogP contribution < -0.4 is 0 Å². The van der Waals surface area contributed by atoms with Crippen LogP contribution in [0.4, 0.5) is 4.39 Å². The fourth-order valence-corrected chi connectivity index (χ4v) is 2.08. The maximum atomic E-state index is 13.7. The molecule has 0 amide bonds. The minimum absolute atomic E-state index is 0.130. The summed E-state index contributed by atoms with van der Waals surface area (Å²) in [6, 6.07) is 4.21. The second-order valence-corrected chi connectivity index (χ2v) is 3.93. The van der Waals surface area contributed by atoms with Gasteiger partial charge in [-0.1, -0.05) is 12.1 Å². The smallest absolute Gasteiger partial charge is 0.353 e. The van der Waals surface area contributed by atoms with Crippen molar-refractivity contribution in [2.24, 2.45) is 7.05 Å². The van der Waals surface area contributed by atoms with E-state index in [2.05, 4.69) is 0 Å². The molecule has 1 aromatic carbocycles. The normalized spacial score (nSPS) is 11.3. The van der Waals surface area contributed by atoms with Gasteiger partial charge in [0.2, 0.25) is 0 Å². The van der Waals surface area contributed by atoms with Crippen LogP contribution in [-0.2, 0) is 11.8 Å². The number of aromatic carboxylic acids is 1. The van der Waals surface area contributed by atoms with Gasteiger partial charge in [-0.2, -0.15) is 0 Å². The Labute approximate surface area is 107 Å². The third-order valence-corrected chi connectivity index (χ3v) is 2.80. The van der Waals surface area contributed by atoms with Crippen molar-refractivity contribution in [2.75, 3.05) is 0 Å². The highest BCUT2D eigenvalue weighted by molar-refractivity contribution is 6.04. The molecule has 0 aliphatic rings. The second kappa shape index (κ2) is 4.56. The topological polar surface area (TPSA) is 79.5 Å². The molecule has 0 spiro atoms. The lowest BCUT2D eigenvalue weighted by Crippen LogP contribution is -2.06. The van der Waals surface area contributed by atoms with Crippen LogP contribution in [0.1, 0.15) is 16.1 Å². The van der Waals surface area contributed by atoms with E-state index in [-0.39, 0.29) is 16.8 Å². The minimum atomic E-state index is -1.25. The Morgan fingerprint density at radius 1 is 1.32 bits per heavy atom. The van der Waals surface area contributed by atoms with E-state index >= 15 is 0 Å². The number of carboxylic acids is 2. The van der Waals surface area contributed by atoms with Crippen molar-refractivity contribution >= 4 is 28.9 Å². The predicted octanol–water partition coefficient (Wildman–Crippen LogP) is 2.11. The fourth-order valence-electron chi connectivity index (χ4n) is 2.08. The number of hydrogen-bond acceptors (Lipinski definition) is 2. The Bertz CT molecular complexity index is 715. The zero-order valence-corrected chi connectivity index (χ0v) is 9.92. The van der Waals surface area contributed by atoms with Gasteiger partial charge in [0, 0.05) is 24.1 Å². The molecule has 0 bridgehead atoms. The van der Waals surface area contributed by atoms with E-state index in [9.17, 15) is 19.1 Å². The van der Waals surface area contributed by atoms with Gasteiger partial charge >= 0.3 is 11.9 Å². The van der Waals surface area contributed by atoms with Gasteiger partial charge < -0.3 is 14.8 Å². The largest absolute Gasteiger partial charge is 0.478 e. The van der Waals surface area contributed by atoms with Gasteiger partial charge in [0.1, 0.15) is 11.5 Å². The number of carboxylic acid groups (broad SMARTS) is 2. The average Bonchev–Trinajstić information content (AvgIpc) is 2.61. The van der Waals surface area contributed by atoms with Gasteiger partial charge in [-0.25, -0.2) is 14.0 Å². The van der Waals surface area contributed by atoms with Crippen molar-refractivity contribution in [3.8, 4) is 0 Å². The summed E-state index contributed by atoms with van der Waals surface area (Å²) in [6.07, 6.45) is 1.99. The van der Waals surface area contributed by atoms with Crippen LogP contribution in [0, 0.1) is 5.82 Å². The average molecular weight is 263 g/mol. The number of rotatable bonds is 3. The first-order chi connectivity index (χ1) is 8.93. The van der Waals surface area contributed by atoms with Crippen molar-refractivity contribution < 1.29 is 24.2 Å². The molecule has 2 rings (SSSR count). The highest BCUT2D eigenvalue weighted by Gasteiger charge is 2.20. The van der Waals surface area contributed by atoms with E-state index < -0.39 is 17.8 Å². The van der Waals surface area contributed by atoms with E-state index in [1.54, 1.807) is 6.07 Å². The molecule has 0 unspecified atom stereocenters. The van der Waals surface area contributed by atoms with Crippen LogP contribution in [-0.4, -0.2) is 26.7 Å². The Morgan fingerprint density at radius 3 is 2.58 bits per heavy atom. The van der Waals surface area contributed by atoms with Crippen LogP contribution in [0.15, 0.2) is 24.3 Å². The number of carbonyl (C=O) groups is 2. The second-order valence-electron chi connectivity index (χ2n) is 3.93. The first kappa shape index (κ1) is 12.8. The predicted molar refractivity (Wildman–Crippen MR) is 66.5 cm³/mol. The molecule has 5 nitrogen and oxygen atoms in total. The Kier molecular flexibility index (Phi) is 3.08. The number of para-hydroxylation sites is 1. The number of aliphatic carboxylic acids is 1. The lowest BCUT2D eigenvalue weighted by Gasteiger charge is -2.00. The first-order valence-corrected chi connectivity index (χ1v) is 5.34. The summed E-state index contributed by atoms with van der Waals surface area (Å²) in [4.78, 5) is 21.8. The molecule has 0 fully saturated rings. The molecule has 19 heavy (non-hydrogen) atoms. The summed E-state index contributed by atoms with van der Waals surface area (Å²) in [7, 11) is 1.42. The summed E-state index contributed by atoms with van der Waals surface area (Å²) < 4.78 is 15.0. The molecule has 1 aromatic heterocycles. The molecule has 98 valence electrons. The molecular weight excluding hydrogens is 253 g/mol. The number of aryl methyl sites for hydroxylation is 1. The van der Waals surface area contributed by atoms with Crippen molar-refractivity contribution in [3.63, 3.8) is 0 Å². The van der Waals surface area contributed by atoms with Crippen molar-refractivity contribution in [1.82, 2.24) is 4.57 Å². The maximum Gasteiger partial charge on any atom is 0.353 e. The van der Waals surface area contributed by atoms with Crippen molar-refractivity contribution in [2.45, 2.75) is 0 Å². The summed E-state index contributed by atoms with van der Waals surface area (Å²) in [6.45, 7) is 0. The first-order valence-electron chi connectivity index (χ1n) is 5.34. The van der Waals surface area contributed by atoms with E-state index in [4.69, 9.17) is 5.11 Å². The summed E-state index contributed by atoms with van der Waals surface area (Å²) in [5.74, 6) is -3.01. The zero-order valence-electron chi connectivity index (χ0n) is 9.92. The molecule has 0 saturated carbocycles. The maximum absolute atomic E-state index is 13.7. The SMILES string of the molecule is Cn1c(C(=O)O)c(/C=C\C(=O)O)c2cccc(F)c21. The van der Waals surface area contributed by atoms with Crippen LogP contribution in [0.5, 0.6) is 0 Å². The molecule has 0 aliphatic carbocycles. The van der Waals surface area contributed by atoms with Crippen molar-refractivity contribution in [1.29, 1.82) is 0 Å². The van der Waals surface area contributed by atoms with Gasteiger partial charge in [-0.15, -0.1) is 0 Å². The van der Waals surface area contributed by atoms with Gasteiger partial charge in [0.25, 0.3) is 0 Å². The molecular formula is C13H10FNO4. The Balaban J connectivity index is 2.86. The molecule has 6 heteroatoms. The molecule has 2 N–H and O–H groups in total. The number of hydrogen-bond donors (Lipinski definition) is 2. The van der Waals surface area contributed by atoms with E-state index in [1.807, 2.05) is 0 Å². The number of fused-ring (bicyclic) bond motifs is 1. The van der Waals surface area contributed by atoms with Gasteiger partial charge in [0.15, 0.2) is 0 Å². The van der Waals surface area contributed by atoms with E-state index in [1.165, 1.54) is 23.7 Å². The number of aromatic nitrogens is 1.